The van der Waals surface area contributed by atoms with E-state index in [1.165, 1.54) is 4.90 Å². The molecule has 1 aliphatic heterocycles. The molecular formula is C15H28N4O3. The molecule has 7 nitrogen and oxygen atoms in total. The third-order valence-corrected chi connectivity index (χ3v) is 4.09. The lowest BCUT2D eigenvalue weighted by molar-refractivity contribution is -0.143. The predicted octanol–water partition coefficient (Wildman–Crippen LogP) is -0.398. The summed E-state index contributed by atoms with van der Waals surface area (Å²) in [6.45, 7) is 7.87. The second kappa shape index (κ2) is 7.09. The molecule has 0 saturated carbocycles. The van der Waals surface area contributed by atoms with Gasteiger partial charge in [0.25, 0.3) is 0 Å². The molecule has 0 aromatic carbocycles. The Morgan fingerprint density at radius 2 is 1.86 bits per heavy atom. The molecule has 22 heavy (non-hydrogen) atoms. The van der Waals surface area contributed by atoms with Crippen LogP contribution in [-0.2, 0) is 14.4 Å². The van der Waals surface area contributed by atoms with E-state index in [2.05, 4.69) is 10.6 Å². The summed E-state index contributed by atoms with van der Waals surface area (Å²) in [6, 6.07) is -1.67. The number of likely N-dealkylation sites (N-methyl/N-ethyl adjacent to an activating group) is 1. The lowest BCUT2D eigenvalue weighted by atomic mass is 9.85. The number of nitrogens with one attached hydrogen (secondary N) is 2. The molecule has 2 unspecified atom stereocenters. The number of carbonyl (C=O) groups excluding carboxylic acids is 3. The molecule has 0 bridgehead atoms. The van der Waals surface area contributed by atoms with Gasteiger partial charge in [-0.05, 0) is 32.2 Å². The maximum absolute atomic E-state index is 12.8. The maximum Gasteiger partial charge on any atom is 0.246 e. The predicted molar refractivity (Wildman–Crippen MR) is 83.8 cm³/mol. The van der Waals surface area contributed by atoms with Crippen molar-refractivity contribution < 1.29 is 14.4 Å². The highest BCUT2D eigenvalue weighted by molar-refractivity contribution is 5.93. The van der Waals surface area contributed by atoms with Crippen LogP contribution in [0.25, 0.3) is 0 Å². The Hall–Kier alpha value is -1.63. The summed E-state index contributed by atoms with van der Waals surface area (Å²) in [7, 11) is 1.68. The monoisotopic (exact) mass is 312 g/mol. The van der Waals surface area contributed by atoms with Gasteiger partial charge in [-0.25, -0.2) is 0 Å². The quantitative estimate of drug-likeness (QED) is 0.642. The number of nitrogens with zero attached hydrogens (tertiary/aromatic N) is 1. The summed E-state index contributed by atoms with van der Waals surface area (Å²) in [5.74, 6) is -0.982. The summed E-state index contributed by atoms with van der Waals surface area (Å²) >= 11 is 0. The molecule has 4 N–H and O–H groups in total. The standard InChI is InChI=1S/C15H28N4O3/c1-9(17-5)13(21)18-11(15(2,3)4)14(22)19-8-6-7-10(19)12(16)20/h9-11,17H,6-8H2,1-5H3,(H2,16,20)(H,18,21)/t9-,10?,11?/m0/s1. The molecule has 0 spiro atoms. The molecule has 0 aromatic heterocycles. The van der Waals surface area contributed by atoms with Crippen molar-refractivity contribution in [3.05, 3.63) is 0 Å². The van der Waals surface area contributed by atoms with Gasteiger partial charge in [0.05, 0.1) is 6.04 Å². The van der Waals surface area contributed by atoms with E-state index in [0.717, 1.165) is 6.42 Å². The Balaban J connectivity index is 2.95. The zero-order valence-electron chi connectivity index (χ0n) is 14.1. The van der Waals surface area contributed by atoms with Gasteiger partial charge < -0.3 is 21.3 Å². The fraction of sp³-hybridized carbons (Fsp3) is 0.800. The Bertz CT molecular complexity index is 445. The Labute approximate surface area is 132 Å². The molecule has 3 atom stereocenters. The molecule has 0 aromatic rings. The number of nitrogens with two attached hydrogens (primary N) is 1. The molecule has 1 heterocycles. The van der Waals surface area contributed by atoms with E-state index in [-0.39, 0.29) is 11.8 Å². The van der Waals surface area contributed by atoms with Crippen molar-refractivity contribution in [3.63, 3.8) is 0 Å². The van der Waals surface area contributed by atoms with E-state index in [1.54, 1.807) is 14.0 Å². The van der Waals surface area contributed by atoms with Gasteiger partial charge in [0, 0.05) is 6.54 Å². The summed E-state index contributed by atoms with van der Waals surface area (Å²) in [4.78, 5) is 38.0. The molecule has 0 aliphatic carbocycles. The van der Waals surface area contributed by atoms with E-state index in [1.807, 2.05) is 20.8 Å². The van der Waals surface area contributed by atoms with Crippen LogP contribution in [0.1, 0.15) is 40.5 Å². The number of likely N-dealkylation sites (tertiary alicyclic amines) is 1. The highest BCUT2D eigenvalue weighted by Gasteiger charge is 2.41. The average Bonchev–Trinajstić information content (AvgIpc) is 2.91. The Morgan fingerprint density at radius 1 is 1.27 bits per heavy atom. The van der Waals surface area contributed by atoms with Crippen molar-refractivity contribution in [2.45, 2.75) is 58.7 Å². The number of amides is 3. The van der Waals surface area contributed by atoms with Crippen LogP contribution in [0, 0.1) is 5.41 Å². The van der Waals surface area contributed by atoms with E-state index in [0.29, 0.717) is 13.0 Å². The minimum Gasteiger partial charge on any atom is -0.368 e. The largest absolute Gasteiger partial charge is 0.368 e. The SMILES string of the molecule is CN[C@@H](C)C(=O)NC(C(=O)N1CCCC1C(N)=O)C(C)(C)C. The number of rotatable bonds is 5. The lowest BCUT2D eigenvalue weighted by Gasteiger charge is -2.35. The van der Waals surface area contributed by atoms with Crippen molar-refractivity contribution in [2.24, 2.45) is 11.1 Å². The molecule has 7 heteroatoms. The van der Waals surface area contributed by atoms with Gasteiger partial charge in [-0.15, -0.1) is 0 Å². The van der Waals surface area contributed by atoms with Crippen molar-refractivity contribution in [3.8, 4) is 0 Å². The van der Waals surface area contributed by atoms with E-state index in [9.17, 15) is 14.4 Å². The van der Waals surface area contributed by atoms with Crippen LogP contribution in [-0.4, -0.2) is 54.3 Å². The molecule has 1 rings (SSSR count). The van der Waals surface area contributed by atoms with Gasteiger partial charge in [0.1, 0.15) is 12.1 Å². The molecule has 0 radical (unpaired) electrons. The van der Waals surface area contributed by atoms with Crippen LogP contribution in [0.2, 0.25) is 0 Å². The fourth-order valence-corrected chi connectivity index (χ4v) is 2.54. The van der Waals surface area contributed by atoms with Crippen LogP contribution in [0.4, 0.5) is 0 Å². The van der Waals surface area contributed by atoms with Gasteiger partial charge in [-0.3, -0.25) is 14.4 Å². The van der Waals surface area contributed by atoms with Gasteiger partial charge in [-0.1, -0.05) is 20.8 Å². The molecule has 1 aliphatic rings. The smallest absolute Gasteiger partial charge is 0.246 e. The topological polar surface area (TPSA) is 105 Å². The molecule has 3 amide bonds. The number of hydrogen-bond acceptors (Lipinski definition) is 4. The Morgan fingerprint density at radius 3 is 2.32 bits per heavy atom. The van der Waals surface area contributed by atoms with E-state index < -0.39 is 29.4 Å². The first-order valence-corrected chi connectivity index (χ1v) is 7.67. The van der Waals surface area contributed by atoms with Crippen LogP contribution in [0.3, 0.4) is 0 Å². The Kier molecular flexibility index (Phi) is 5.93. The summed E-state index contributed by atoms with van der Waals surface area (Å²) in [5.41, 5.74) is 4.91. The maximum atomic E-state index is 12.8. The third-order valence-electron chi connectivity index (χ3n) is 4.09. The number of hydrogen-bond donors (Lipinski definition) is 3. The first-order chi connectivity index (χ1) is 10.1. The number of carbonyl (C=O) groups is 3. The van der Waals surface area contributed by atoms with Crippen molar-refractivity contribution in [1.29, 1.82) is 0 Å². The van der Waals surface area contributed by atoms with E-state index >= 15 is 0 Å². The van der Waals surface area contributed by atoms with Crippen LogP contribution in [0.5, 0.6) is 0 Å². The normalized spacial score (nSPS) is 21.3. The van der Waals surface area contributed by atoms with Crippen molar-refractivity contribution in [1.82, 2.24) is 15.5 Å². The zero-order chi connectivity index (χ0) is 17.1. The highest BCUT2D eigenvalue weighted by atomic mass is 16.2. The molecular weight excluding hydrogens is 284 g/mol. The molecule has 1 fully saturated rings. The molecule has 1 saturated heterocycles. The first-order valence-electron chi connectivity index (χ1n) is 7.67. The fourth-order valence-electron chi connectivity index (χ4n) is 2.54. The second-order valence-corrected chi connectivity index (χ2v) is 6.91. The first kappa shape index (κ1) is 18.4. The highest BCUT2D eigenvalue weighted by Crippen LogP contribution is 2.25. The summed E-state index contributed by atoms with van der Waals surface area (Å²) in [5, 5.41) is 5.64. The minimum absolute atomic E-state index is 0.245. The van der Waals surface area contributed by atoms with Crippen LogP contribution >= 0.6 is 0 Å². The van der Waals surface area contributed by atoms with Crippen molar-refractivity contribution >= 4 is 17.7 Å². The summed E-state index contributed by atoms with van der Waals surface area (Å²) < 4.78 is 0. The second-order valence-electron chi connectivity index (χ2n) is 6.91. The zero-order valence-corrected chi connectivity index (χ0v) is 14.1. The van der Waals surface area contributed by atoms with Gasteiger partial charge in [-0.2, -0.15) is 0 Å². The molecule has 126 valence electrons. The average molecular weight is 312 g/mol. The van der Waals surface area contributed by atoms with Crippen LogP contribution < -0.4 is 16.4 Å². The van der Waals surface area contributed by atoms with Gasteiger partial charge in [0.2, 0.25) is 17.7 Å². The van der Waals surface area contributed by atoms with E-state index in [4.69, 9.17) is 5.73 Å². The minimum atomic E-state index is -0.698. The number of primary amides is 1. The van der Waals surface area contributed by atoms with Gasteiger partial charge in [0.15, 0.2) is 0 Å². The third kappa shape index (κ3) is 4.19. The van der Waals surface area contributed by atoms with Crippen molar-refractivity contribution in [2.75, 3.05) is 13.6 Å². The van der Waals surface area contributed by atoms with Gasteiger partial charge >= 0.3 is 0 Å². The lowest BCUT2D eigenvalue weighted by Crippen LogP contribution is -2.59. The summed E-state index contributed by atoms with van der Waals surface area (Å²) in [6.07, 6.45) is 1.33. The van der Waals surface area contributed by atoms with Crippen LogP contribution in [0.15, 0.2) is 0 Å².